The topological polar surface area (TPSA) is 77.1 Å². The number of hydrogen-bond donors (Lipinski definition) is 1. The maximum absolute atomic E-state index is 13.6. The molecule has 3 aromatic carbocycles. The van der Waals surface area contributed by atoms with Crippen molar-refractivity contribution in [2.45, 2.75) is 52.0 Å². The van der Waals surface area contributed by atoms with E-state index in [0.717, 1.165) is 11.1 Å². The van der Waals surface area contributed by atoms with Crippen molar-refractivity contribution in [1.29, 1.82) is 0 Å². The third-order valence-electron chi connectivity index (χ3n) is 6.56. The molecular weight excluding hydrogens is 492 g/mol. The van der Waals surface area contributed by atoms with Gasteiger partial charge in [-0.15, -0.1) is 0 Å². The Kier molecular flexibility index (Phi) is 8.59. The van der Waals surface area contributed by atoms with Gasteiger partial charge in [-0.05, 0) is 62.2 Å². The van der Waals surface area contributed by atoms with Crippen LogP contribution in [0.5, 0.6) is 5.75 Å². The SMILES string of the molecule is COc1ccc(N2C(C(=O)OC(C)(C)C)=C[C@H](c3ccccc3)[C@@H](C)[C@@H]2NC(=O)OCc2ccccc2)cc1. The van der Waals surface area contributed by atoms with Gasteiger partial charge in [0.1, 0.15) is 29.8 Å². The van der Waals surface area contributed by atoms with Crippen molar-refractivity contribution < 1.29 is 23.8 Å². The number of nitrogens with zero attached hydrogens (tertiary/aromatic N) is 1. The van der Waals surface area contributed by atoms with Crippen LogP contribution in [-0.2, 0) is 20.9 Å². The lowest BCUT2D eigenvalue weighted by Gasteiger charge is -2.44. The van der Waals surface area contributed by atoms with Crippen molar-refractivity contribution >= 4 is 17.7 Å². The van der Waals surface area contributed by atoms with Crippen molar-refractivity contribution in [1.82, 2.24) is 5.32 Å². The van der Waals surface area contributed by atoms with Crippen LogP contribution in [0.1, 0.15) is 44.7 Å². The molecule has 0 radical (unpaired) electrons. The first-order chi connectivity index (χ1) is 18.7. The molecule has 0 saturated carbocycles. The Hall–Kier alpha value is -4.26. The number of anilines is 1. The number of carbonyl (C=O) groups excluding carboxylic acids is 2. The van der Waals surface area contributed by atoms with E-state index in [1.165, 1.54) is 0 Å². The van der Waals surface area contributed by atoms with E-state index in [-0.39, 0.29) is 18.4 Å². The van der Waals surface area contributed by atoms with Gasteiger partial charge in [-0.3, -0.25) is 0 Å². The molecule has 4 rings (SSSR count). The summed E-state index contributed by atoms with van der Waals surface area (Å²) in [6, 6.07) is 26.8. The van der Waals surface area contributed by atoms with Gasteiger partial charge < -0.3 is 24.4 Å². The smallest absolute Gasteiger partial charge is 0.409 e. The van der Waals surface area contributed by atoms with Gasteiger partial charge in [0, 0.05) is 17.5 Å². The molecule has 1 N–H and O–H groups in total. The van der Waals surface area contributed by atoms with Gasteiger partial charge in [-0.2, -0.15) is 0 Å². The Morgan fingerprint density at radius 1 is 0.897 bits per heavy atom. The fraction of sp³-hybridized carbons (Fsp3) is 0.312. The van der Waals surface area contributed by atoms with Crippen molar-refractivity contribution in [2.75, 3.05) is 12.0 Å². The second-order valence-corrected chi connectivity index (χ2v) is 10.6. The number of allylic oxidation sites excluding steroid dienone is 1. The summed E-state index contributed by atoms with van der Waals surface area (Å²) in [6.07, 6.45) is 0.747. The highest BCUT2D eigenvalue weighted by Gasteiger charge is 2.41. The van der Waals surface area contributed by atoms with Crippen LogP contribution in [0.25, 0.3) is 0 Å². The molecular formula is C32H36N2O5. The summed E-state index contributed by atoms with van der Waals surface area (Å²) in [5, 5.41) is 3.05. The van der Waals surface area contributed by atoms with E-state index in [2.05, 4.69) is 12.2 Å². The Morgan fingerprint density at radius 2 is 1.51 bits per heavy atom. The van der Waals surface area contributed by atoms with Crippen LogP contribution >= 0.6 is 0 Å². The number of rotatable bonds is 7. The zero-order valence-electron chi connectivity index (χ0n) is 23.1. The standard InChI is InChI=1S/C32H36N2O5/c1-22-27(24-14-10-7-11-15-24)20-28(30(35)39-32(2,3)4)34(25-16-18-26(37-5)19-17-25)29(22)33-31(36)38-21-23-12-8-6-9-13-23/h6-20,22,27,29H,21H2,1-5H3,(H,33,36)/t22-,27+,29-/m1/s1. The predicted octanol–water partition coefficient (Wildman–Crippen LogP) is 6.41. The summed E-state index contributed by atoms with van der Waals surface area (Å²) in [4.78, 5) is 28.6. The van der Waals surface area contributed by atoms with Crippen LogP contribution in [-0.4, -0.2) is 30.9 Å². The molecule has 1 amide bonds. The van der Waals surface area contributed by atoms with Crippen molar-refractivity contribution in [2.24, 2.45) is 5.92 Å². The molecule has 0 bridgehead atoms. The third-order valence-corrected chi connectivity index (χ3v) is 6.56. The molecule has 0 aliphatic carbocycles. The van der Waals surface area contributed by atoms with E-state index >= 15 is 0 Å². The highest BCUT2D eigenvalue weighted by Crippen LogP contribution is 2.40. The summed E-state index contributed by atoms with van der Waals surface area (Å²) in [6.45, 7) is 7.69. The Bertz CT molecular complexity index is 1280. The molecule has 7 heteroatoms. The Morgan fingerprint density at radius 3 is 2.10 bits per heavy atom. The maximum Gasteiger partial charge on any atom is 0.409 e. The number of esters is 1. The van der Waals surface area contributed by atoms with Gasteiger partial charge >= 0.3 is 12.1 Å². The maximum atomic E-state index is 13.6. The van der Waals surface area contributed by atoms with E-state index < -0.39 is 23.8 Å². The van der Waals surface area contributed by atoms with Gasteiger partial charge in [-0.1, -0.05) is 67.6 Å². The van der Waals surface area contributed by atoms with Crippen LogP contribution in [0.15, 0.2) is 96.7 Å². The molecule has 0 spiro atoms. The second kappa shape index (κ2) is 12.1. The molecule has 204 valence electrons. The molecule has 0 fully saturated rings. The first-order valence-corrected chi connectivity index (χ1v) is 13.1. The molecule has 0 saturated heterocycles. The van der Waals surface area contributed by atoms with Crippen LogP contribution in [0, 0.1) is 5.92 Å². The van der Waals surface area contributed by atoms with Gasteiger partial charge in [0.05, 0.1) is 7.11 Å². The van der Waals surface area contributed by atoms with E-state index in [1.54, 1.807) is 7.11 Å². The summed E-state index contributed by atoms with van der Waals surface area (Å²) in [5.41, 5.74) is 2.26. The number of ether oxygens (including phenoxy) is 3. The monoisotopic (exact) mass is 528 g/mol. The Labute approximate surface area is 230 Å². The molecule has 1 heterocycles. The zero-order valence-corrected chi connectivity index (χ0v) is 23.1. The third kappa shape index (κ3) is 6.99. The largest absolute Gasteiger partial charge is 0.497 e. The molecule has 3 atom stereocenters. The van der Waals surface area contributed by atoms with Gasteiger partial charge in [-0.25, -0.2) is 9.59 Å². The van der Waals surface area contributed by atoms with E-state index in [4.69, 9.17) is 14.2 Å². The molecule has 7 nitrogen and oxygen atoms in total. The number of nitrogens with one attached hydrogen (secondary N) is 1. The highest BCUT2D eigenvalue weighted by molar-refractivity contribution is 5.94. The van der Waals surface area contributed by atoms with E-state index in [9.17, 15) is 9.59 Å². The zero-order chi connectivity index (χ0) is 28.0. The van der Waals surface area contributed by atoms with Crippen molar-refractivity contribution in [3.05, 3.63) is 108 Å². The van der Waals surface area contributed by atoms with E-state index in [0.29, 0.717) is 17.1 Å². The lowest BCUT2D eigenvalue weighted by atomic mass is 9.81. The minimum atomic E-state index is -0.702. The fourth-order valence-corrected chi connectivity index (χ4v) is 4.68. The average molecular weight is 529 g/mol. The second-order valence-electron chi connectivity index (χ2n) is 10.6. The molecule has 39 heavy (non-hydrogen) atoms. The van der Waals surface area contributed by atoms with Gasteiger partial charge in [0.25, 0.3) is 0 Å². The lowest BCUT2D eigenvalue weighted by molar-refractivity contribution is -0.150. The van der Waals surface area contributed by atoms with Crippen LogP contribution in [0.4, 0.5) is 10.5 Å². The number of carbonyl (C=O) groups is 2. The first kappa shape index (κ1) is 27.8. The Balaban J connectivity index is 1.74. The normalized spacial score (nSPS) is 19.1. The summed E-state index contributed by atoms with van der Waals surface area (Å²) >= 11 is 0. The first-order valence-electron chi connectivity index (χ1n) is 13.1. The van der Waals surface area contributed by atoms with Gasteiger partial charge in [0.15, 0.2) is 0 Å². The highest BCUT2D eigenvalue weighted by atomic mass is 16.6. The number of amides is 1. The summed E-state index contributed by atoms with van der Waals surface area (Å²) in [7, 11) is 1.60. The molecule has 1 aliphatic rings. The van der Waals surface area contributed by atoms with E-state index in [1.807, 2.05) is 117 Å². The minimum Gasteiger partial charge on any atom is -0.497 e. The van der Waals surface area contributed by atoms with Crippen LogP contribution < -0.4 is 15.0 Å². The van der Waals surface area contributed by atoms with Crippen molar-refractivity contribution in [3.8, 4) is 5.75 Å². The average Bonchev–Trinajstić information content (AvgIpc) is 2.93. The summed E-state index contributed by atoms with van der Waals surface area (Å²) in [5.74, 6) is -0.0937. The molecule has 3 aromatic rings. The van der Waals surface area contributed by atoms with Crippen molar-refractivity contribution in [3.63, 3.8) is 0 Å². The number of hydrogen-bond acceptors (Lipinski definition) is 6. The van der Waals surface area contributed by atoms with Crippen LogP contribution in [0.2, 0.25) is 0 Å². The number of benzene rings is 3. The molecule has 1 aliphatic heterocycles. The van der Waals surface area contributed by atoms with Gasteiger partial charge in [0.2, 0.25) is 0 Å². The number of alkyl carbamates (subject to hydrolysis) is 1. The summed E-state index contributed by atoms with van der Waals surface area (Å²) < 4.78 is 16.8. The molecule has 0 unspecified atom stereocenters. The minimum absolute atomic E-state index is 0.132. The predicted molar refractivity (Wildman–Crippen MR) is 151 cm³/mol. The lowest BCUT2D eigenvalue weighted by Crippen LogP contribution is -2.56. The quantitative estimate of drug-likeness (QED) is 0.357. The van der Waals surface area contributed by atoms with Crippen LogP contribution in [0.3, 0.4) is 0 Å². The molecule has 0 aromatic heterocycles. The number of methoxy groups -OCH3 is 1. The fourth-order valence-electron chi connectivity index (χ4n) is 4.68.